The Morgan fingerprint density at radius 2 is 1.95 bits per heavy atom. The lowest BCUT2D eigenvalue weighted by atomic mass is 9.99. The highest BCUT2D eigenvalue weighted by Gasteiger charge is 2.37. The zero-order chi connectivity index (χ0) is 15.1. The molecule has 110 valence electrons. The minimum absolute atomic E-state index is 0.0148. The number of nitrogens with zero attached hydrogens (tertiary/aromatic N) is 1. The molecule has 0 saturated carbocycles. The maximum atomic E-state index is 13.1. The summed E-state index contributed by atoms with van der Waals surface area (Å²) in [5.74, 6) is -4.64. The van der Waals surface area contributed by atoms with Crippen molar-refractivity contribution in [2.75, 3.05) is 12.8 Å². The lowest BCUT2D eigenvalue weighted by Crippen LogP contribution is -2.44. The first-order valence-electron chi connectivity index (χ1n) is 6.08. The van der Waals surface area contributed by atoms with Crippen molar-refractivity contribution < 1.29 is 22.0 Å². The average molecular weight is 303 g/mol. The van der Waals surface area contributed by atoms with Crippen LogP contribution in [0.3, 0.4) is 0 Å². The van der Waals surface area contributed by atoms with Crippen LogP contribution in [0.2, 0.25) is 0 Å². The normalized spacial score (nSPS) is 15.9. The molecule has 4 nitrogen and oxygen atoms in total. The summed E-state index contributed by atoms with van der Waals surface area (Å²) >= 11 is 0. The Bertz CT molecular complexity index is 650. The molecule has 1 amide bonds. The maximum Gasteiger partial charge on any atom is 0.322 e. The van der Waals surface area contributed by atoms with Crippen LogP contribution < -0.4 is 0 Å². The topological polar surface area (TPSA) is 54.5 Å². The first-order chi connectivity index (χ1) is 9.09. The van der Waals surface area contributed by atoms with E-state index < -0.39 is 21.7 Å². The van der Waals surface area contributed by atoms with Gasteiger partial charge >= 0.3 is 5.92 Å². The van der Waals surface area contributed by atoms with E-state index in [0.29, 0.717) is 18.9 Å². The van der Waals surface area contributed by atoms with Gasteiger partial charge in [0.15, 0.2) is 9.84 Å². The molecule has 1 aromatic rings. The highest BCUT2D eigenvalue weighted by Crippen LogP contribution is 2.25. The van der Waals surface area contributed by atoms with Gasteiger partial charge in [-0.3, -0.25) is 4.79 Å². The van der Waals surface area contributed by atoms with E-state index in [2.05, 4.69) is 0 Å². The van der Waals surface area contributed by atoms with Crippen LogP contribution in [-0.2, 0) is 27.6 Å². The van der Waals surface area contributed by atoms with Crippen LogP contribution in [0.1, 0.15) is 18.1 Å². The molecule has 1 aromatic carbocycles. The largest absolute Gasteiger partial charge is 0.333 e. The third-order valence-electron chi connectivity index (χ3n) is 3.28. The summed E-state index contributed by atoms with van der Waals surface area (Å²) in [6.07, 6.45) is 1.53. The second-order valence-electron chi connectivity index (χ2n) is 5.07. The number of amides is 1. The predicted octanol–water partition coefficient (Wildman–Crippen LogP) is 1.63. The van der Waals surface area contributed by atoms with Gasteiger partial charge in [-0.2, -0.15) is 8.78 Å². The Morgan fingerprint density at radius 3 is 2.50 bits per heavy atom. The Morgan fingerprint density at radius 1 is 1.30 bits per heavy atom. The van der Waals surface area contributed by atoms with E-state index in [-0.39, 0.29) is 18.0 Å². The van der Waals surface area contributed by atoms with Crippen molar-refractivity contribution >= 4 is 15.7 Å². The molecule has 7 heteroatoms. The number of fused-ring (bicyclic) bond motifs is 1. The predicted molar refractivity (Wildman–Crippen MR) is 69.3 cm³/mol. The van der Waals surface area contributed by atoms with E-state index in [1.807, 2.05) is 0 Å². The molecule has 0 N–H and O–H groups in total. The van der Waals surface area contributed by atoms with E-state index in [1.54, 1.807) is 6.07 Å². The summed E-state index contributed by atoms with van der Waals surface area (Å²) in [6.45, 7) is 0.798. The van der Waals surface area contributed by atoms with E-state index in [4.69, 9.17) is 0 Å². The number of hydrogen-bond donors (Lipinski definition) is 0. The van der Waals surface area contributed by atoms with Crippen molar-refractivity contribution in [1.29, 1.82) is 0 Å². The molecule has 0 bridgehead atoms. The number of carbonyl (C=O) groups excluding carboxylic acids is 1. The van der Waals surface area contributed by atoms with E-state index in [0.717, 1.165) is 16.7 Å². The summed E-state index contributed by atoms with van der Waals surface area (Å²) in [5, 5.41) is 0. The number of hydrogen-bond acceptors (Lipinski definition) is 3. The maximum absolute atomic E-state index is 13.1. The number of carbonyl (C=O) groups is 1. The SMILES string of the molecule is CC(F)(F)C(=O)N1CCc2ccc(S(C)(=O)=O)cc2C1. The summed E-state index contributed by atoms with van der Waals surface area (Å²) in [6, 6.07) is 4.63. The third kappa shape index (κ3) is 2.98. The van der Waals surface area contributed by atoms with Gasteiger partial charge in [-0.25, -0.2) is 8.42 Å². The highest BCUT2D eigenvalue weighted by atomic mass is 32.2. The minimum Gasteiger partial charge on any atom is -0.333 e. The molecule has 0 aliphatic carbocycles. The molecule has 0 atom stereocenters. The zero-order valence-electron chi connectivity index (χ0n) is 11.2. The van der Waals surface area contributed by atoms with Gasteiger partial charge in [0.2, 0.25) is 0 Å². The van der Waals surface area contributed by atoms with Crippen LogP contribution in [0.15, 0.2) is 23.1 Å². The van der Waals surface area contributed by atoms with Gasteiger partial charge in [-0.1, -0.05) is 6.07 Å². The van der Waals surface area contributed by atoms with Gasteiger partial charge < -0.3 is 4.90 Å². The fourth-order valence-corrected chi connectivity index (χ4v) is 2.89. The fourth-order valence-electron chi connectivity index (χ4n) is 2.22. The monoisotopic (exact) mass is 303 g/mol. The second-order valence-corrected chi connectivity index (χ2v) is 7.08. The van der Waals surface area contributed by atoms with E-state index in [9.17, 15) is 22.0 Å². The highest BCUT2D eigenvalue weighted by molar-refractivity contribution is 7.90. The molecule has 0 spiro atoms. The zero-order valence-corrected chi connectivity index (χ0v) is 12.0. The number of sulfone groups is 1. The molecule has 20 heavy (non-hydrogen) atoms. The van der Waals surface area contributed by atoms with Crippen molar-refractivity contribution in [3.05, 3.63) is 29.3 Å². The van der Waals surface area contributed by atoms with Gasteiger partial charge in [0.05, 0.1) is 4.90 Å². The van der Waals surface area contributed by atoms with Crippen molar-refractivity contribution in [3.8, 4) is 0 Å². The van der Waals surface area contributed by atoms with Crippen LogP contribution >= 0.6 is 0 Å². The Hall–Kier alpha value is -1.50. The molecular formula is C13H15F2NO3S. The quantitative estimate of drug-likeness (QED) is 0.834. The van der Waals surface area contributed by atoms with Gasteiger partial charge in [0.1, 0.15) is 0 Å². The van der Waals surface area contributed by atoms with Gasteiger partial charge in [0, 0.05) is 26.3 Å². The number of benzene rings is 1. The fraction of sp³-hybridized carbons (Fsp3) is 0.462. The molecule has 0 radical (unpaired) electrons. The first kappa shape index (κ1) is 14.9. The van der Waals surface area contributed by atoms with Gasteiger partial charge in [0.25, 0.3) is 5.91 Å². The summed E-state index contributed by atoms with van der Waals surface area (Å²) < 4.78 is 49.1. The van der Waals surface area contributed by atoms with Crippen LogP contribution in [0, 0.1) is 0 Å². The number of halogens is 2. The molecular weight excluding hydrogens is 288 g/mol. The van der Waals surface area contributed by atoms with Crippen LogP contribution in [0.25, 0.3) is 0 Å². The lowest BCUT2D eigenvalue weighted by Gasteiger charge is -2.30. The molecule has 0 aromatic heterocycles. The molecule has 2 rings (SSSR count). The first-order valence-corrected chi connectivity index (χ1v) is 7.97. The average Bonchev–Trinajstić information content (AvgIpc) is 2.34. The molecule has 0 unspecified atom stereocenters. The Balaban J connectivity index is 2.32. The standard InChI is InChI=1S/C13H15F2NO3S/c1-13(14,15)12(17)16-6-5-9-3-4-11(20(2,18)19)7-10(9)8-16/h3-4,7H,5-6,8H2,1-2H3. The number of alkyl halides is 2. The molecule has 0 saturated heterocycles. The summed E-state index contributed by atoms with van der Waals surface area (Å²) in [7, 11) is -3.35. The minimum atomic E-state index is -3.41. The number of rotatable bonds is 2. The van der Waals surface area contributed by atoms with Crippen LogP contribution in [0.5, 0.6) is 0 Å². The van der Waals surface area contributed by atoms with Gasteiger partial charge in [-0.15, -0.1) is 0 Å². The van der Waals surface area contributed by atoms with Gasteiger partial charge in [-0.05, 0) is 29.7 Å². The van der Waals surface area contributed by atoms with Crippen LogP contribution in [-0.4, -0.2) is 37.9 Å². The van der Waals surface area contributed by atoms with Crippen molar-refractivity contribution in [2.45, 2.75) is 30.7 Å². The molecule has 0 fully saturated rings. The summed E-state index contributed by atoms with van der Waals surface area (Å²) in [5.41, 5.74) is 1.50. The third-order valence-corrected chi connectivity index (χ3v) is 4.39. The molecule has 1 aliphatic heterocycles. The van der Waals surface area contributed by atoms with Crippen LogP contribution in [0.4, 0.5) is 8.78 Å². The molecule has 1 aliphatic rings. The second kappa shape index (κ2) is 4.80. The summed E-state index contributed by atoms with van der Waals surface area (Å²) in [4.78, 5) is 12.8. The Kier molecular flexibility index (Phi) is 3.58. The van der Waals surface area contributed by atoms with Crippen molar-refractivity contribution in [2.24, 2.45) is 0 Å². The van der Waals surface area contributed by atoms with Crippen molar-refractivity contribution in [3.63, 3.8) is 0 Å². The van der Waals surface area contributed by atoms with E-state index in [1.165, 1.54) is 12.1 Å². The van der Waals surface area contributed by atoms with Crippen molar-refractivity contribution in [1.82, 2.24) is 4.90 Å². The smallest absolute Gasteiger partial charge is 0.322 e. The Labute approximate surface area is 116 Å². The molecule has 1 heterocycles. The lowest BCUT2D eigenvalue weighted by molar-refractivity contribution is -0.155. The van der Waals surface area contributed by atoms with E-state index >= 15 is 0 Å².